The second kappa shape index (κ2) is 4.22. The molecule has 0 unspecified atom stereocenters. The van der Waals surface area contributed by atoms with Gasteiger partial charge in [0.25, 0.3) is 0 Å². The van der Waals surface area contributed by atoms with Crippen LogP contribution in [0.1, 0.15) is 0 Å². The number of pyridine rings is 2. The van der Waals surface area contributed by atoms with Gasteiger partial charge in [-0.25, -0.2) is 9.97 Å². The van der Waals surface area contributed by atoms with Gasteiger partial charge < -0.3 is 4.90 Å². The topological polar surface area (TPSA) is 29.0 Å². The first-order valence-corrected chi connectivity index (χ1v) is 6.18. The maximum absolute atomic E-state index is 4.45. The smallest absolute Gasteiger partial charge is 0.147 e. The number of anilines is 2. The van der Waals surface area contributed by atoms with Crippen molar-refractivity contribution in [2.75, 3.05) is 11.4 Å². The average molecular weight is 241 g/mol. The number of hydrogen-bond donors (Lipinski definition) is 0. The summed E-state index contributed by atoms with van der Waals surface area (Å²) in [7, 11) is 0. The Morgan fingerprint density at radius 3 is 2.94 bits per heavy atom. The summed E-state index contributed by atoms with van der Waals surface area (Å²) in [5.74, 6) is 0.984. The number of aromatic nitrogens is 2. The molecule has 0 N–H and O–H groups in total. The highest BCUT2D eigenvalue weighted by Crippen LogP contribution is 2.45. The molecule has 0 aliphatic carbocycles. The molecule has 1 aliphatic heterocycles. The molecule has 0 bridgehead atoms. The van der Waals surface area contributed by atoms with Crippen LogP contribution in [0.25, 0.3) is 0 Å². The lowest BCUT2D eigenvalue weighted by Crippen LogP contribution is -2.22. The Hall–Kier alpha value is -1.81. The molecule has 3 heterocycles. The van der Waals surface area contributed by atoms with Crippen molar-refractivity contribution < 1.29 is 0 Å². The predicted octanol–water partition coefficient (Wildman–Crippen LogP) is 3.27. The van der Waals surface area contributed by atoms with Gasteiger partial charge in [-0.05, 0) is 24.3 Å². The van der Waals surface area contributed by atoms with Crippen LogP contribution in [0.2, 0.25) is 0 Å². The van der Waals surface area contributed by atoms with Crippen molar-refractivity contribution in [1.82, 2.24) is 9.97 Å². The van der Waals surface area contributed by atoms with Gasteiger partial charge in [0.05, 0.1) is 10.6 Å². The normalized spacial score (nSPS) is 12.8. The highest BCUT2D eigenvalue weighted by molar-refractivity contribution is 7.99. The van der Waals surface area contributed by atoms with E-state index in [4.69, 9.17) is 0 Å². The number of rotatable bonds is 2. The third-order valence-electron chi connectivity index (χ3n) is 2.57. The Labute approximate surface area is 104 Å². The first kappa shape index (κ1) is 10.4. The largest absolute Gasteiger partial charge is 0.319 e. The minimum Gasteiger partial charge on any atom is -0.319 e. The van der Waals surface area contributed by atoms with Crippen LogP contribution >= 0.6 is 11.8 Å². The van der Waals surface area contributed by atoms with Crippen molar-refractivity contribution in [3.8, 4) is 0 Å². The molecule has 17 heavy (non-hydrogen) atoms. The van der Waals surface area contributed by atoms with Gasteiger partial charge in [0.15, 0.2) is 0 Å². The zero-order chi connectivity index (χ0) is 11.7. The molecule has 2 aromatic rings. The van der Waals surface area contributed by atoms with Gasteiger partial charge >= 0.3 is 0 Å². The van der Waals surface area contributed by atoms with Crippen LogP contribution in [-0.2, 0) is 0 Å². The van der Waals surface area contributed by atoms with Crippen LogP contribution in [0.3, 0.4) is 0 Å². The van der Waals surface area contributed by atoms with Crippen LogP contribution in [0.15, 0.2) is 59.2 Å². The second-order valence-corrected chi connectivity index (χ2v) is 4.68. The van der Waals surface area contributed by atoms with Crippen molar-refractivity contribution in [1.29, 1.82) is 0 Å². The quantitative estimate of drug-likeness (QED) is 0.755. The van der Waals surface area contributed by atoms with Crippen LogP contribution in [0.4, 0.5) is 11.5 Å². The van der Waals surface area contributed by atoms with E-state index in [-0.39, 0.29) is 0 Å². The Bertz CT molecular complexity index is 523. The van der Waals surface area contributed by atoms with E-state index in [0.717, 1.165) is 28.0 Å². The van der Waals surface area contributed by atoms with Crippen LogP contribution in [-0.4, -0.2) is 16.5 Å². The lowest BCUT2D eigenvalue weighted by molar-refractivity contribution is 0.954. The highest BCUT2D eigenvalue weighted by Gasteiger charge is 2.23. The maximum Gasteiger partial charge on any atom is 0.147 e. The summed E-state index contributed by atoms with van der Waals surface area (Å²) in [5.41, 5.74) is 1.10. The van der Waals surface area contributed by atoms with E-state index in [9.17, 15) is 0 Å². The predicted molar refractivity (Wildman–Crippen MR) is 69.8 cm³/mol. The third-order valence-corrected chi connectivity index (χ3v) is 3.61. The summed E-state index contributed by atoms with van der Waals surface area (Å²) in [6.07, 6.45) is 5.52. The molecule has 0 amide bonds. The number of fused-ring (bicyclic) bond motifs is 2. The molecule has 2 aromatic heterocycles. The van der Waals surface area contributed by atoms with Gasteiger partial charge in [-0.1, -0.05) is 17.8 Å². The SMILES string of the molecule is C=CCN1c2cccnc2Sc2cccnc21. The Balaban J connectivity index is 2.16. The molecular formula is C13H11N3S. The van der Waals surface area contributed by atoms with E-state index in [0.29, 0.717) is 0 Å². The fraction of sp³-hybridized carbons (Fsp3) is 0.0769. The van der Waals surface area contributed by atoms with Crippen LogP contribution in [0.5, 0.6) is 0 Å². The molecule has 0 aromatic carbocycles. The first-order chi connectivity index (χ1) is 8.40. The molecular weight excluding hydrogens is 230 g/mol. The van der Waals surface area contributed by atoms with Gasteiger partial charge in [-0.2, -0.15) is 0 Å². The van der Waals surface area contributed by atoms with Crippen molar-refractivity contribution in [3.05, 3.63) is 49.3 Å². The fourth-order valence-electron chi connectivity index (χ4n) is 1.86. The Morgan fingerprint density at radius 1 is 1.24 bits per heavy atom. The van der Waals surface area contributed by atoms with Crippen molar-refractivity contribution >= 4 is 23.3 Å². The summed E-state index contributed by atoms with van der Waals surface area (Å²) in [6, 6.07) is 8.03. The minimum absolute atomic E-state index is 0.739. The molecule has 0 radical (unpaired) electrons. The van der Waals surface area contributed by atoms with E-state index < -0.39 is 0 Å². The summed E-state index contributed by atoms with van der Waals surface area (Å²) < 4.78 is 0. The van der Waals surface area contributed by atoms with E-state index in [1.807, 2.05) is 30.6 Å². The molecule has 0 fully saturated rings. The zero-order valence-corrected chi connectivity index (χ0v) is 10.0. The summed E-state index contributed by atoms with van der Waals surface area (Å²) >= 11 is 1.66. The summed E-state index contributed by atoms with van der Waals surface area (Å²) in [5, 5.41) is 1.02. The lowest BCUT2D eigenvalue weighted by Gasteiger charge is -2.29. The molecule has 0 saturated heterocycles. The van der Waals surface area contributed by atoms with Crippen molar-refractivity contribution in [2.24, 2.45) is 0 Å². The second-order valence-electron chi connectivity index (χ2n) is 3.65. The van der Waals surface area contributed by atoms with Gasteiger partial charge in [0.2, 0.25) is 0 Å². The summed E-state index contributed by atoms with van der Waals surface area (Å²) in [4.78, 5) is 12.1. The standard InChI is InChI=1S/C13H11N3S/c1-2-9-16-10-5-3-8-15-13(10)17-11-6-4-7-14-12(11)16/h2-8H,1,9H2. The van der Waals surface area contributed by atoms with Crippen LogP contribution < -0.4 is 4.90 Å². The number of nitrogens with zero attached hydrogens (tertiary/aromatic N) is 3. The van der Waals surface area contributed by atoms with E-state index in [1.165, 1.54) is 0 Å². The van der Waals surface area contributed by atoms with Gasteiger partial charge in [-0.15, -0.1) is 6.58 Å². The van der Waals surface area contributed by atoms with Crippen molar-refractivity contribution in [3.63, 3.8) is 0 Å². The molecule has 0 atom stereocenters. The fourth-order valence-corrected chi connectivity index (χ4v) is 2.87. The van der Waals surface area contributed by atoms with E-state index in [2.05, 4.69) is 33.6 Å². The Kier molecular flexibility index (Phi) is 2.57. The molecule has 3 nitrogen and oxygen atoms in total. The number of hydrogen-bond acceptors (Lipinski definition) is 4. The monoisotopic (exact) mass is 241 g/mol. The molecule has 4 heteroatoms. The first-order valence-electron chi connectivity index (χ1n) is 5.36. The lowest BCUT2D eigenvalue weighted by atomic mass is 10.3. The van der Waals surface area contributed by atoms with Crippen LogP contribution in [0, 0.1) is 0 Å². The van der Waals surface area contributed by atoms with Gasteiger partial charge in [0.1, 0.15) is 10.8 Å². The molecule has 1 aliphatic rings. The average Bonchev–Trinajstić information content (AvgIpc) is 2.39. The molecule has 0 saturated carbocycles. The van der Waals surface area contributed by atoms with Crippen molar-refractivity contribution in [2.45, 2.75) is 9.92 Å². The minimum atomic E-state index is 0.739. The maximum atomic E-state index is 4.45. The highest BCUT2D eigenvalue weighted by atomic mass is 32.2. The van der Waals surface area contributed by atoms with Gasteiger partial charge in [-0.3, -0.25) is 0 Å². The van der Waals surface area contributed by atoms with E-state index >= 15 is 0 Å². The summed E-state index contributed by atoms with van der Waals surface area (Å²) in [6.45, 7) is 4.54. The molecule has 84 valence electrons. The van der Waals surface area contributed by atoms with Gasteiger partial charge in [0, 0.05) is 18.9 Å². The third kappa shape index (κ3) is 1.70. The molecule has 0 spiro atoms. The van der Waals surface area contributed by atoms with E-state index in [1.54, 1.807) is 11.8 Å². The zero-order valence-electron chi connectivity index (χ0n) is 9.21. The Morgan fingerprint density at radius 2 is 2.06 bits per heavy atom. The molecule has 3 rings (SSSR count).